The molecule has 0 heterocycles. The van der Waals surface area contributed by atoms with Gasteiger partial charge in [-0.2, -0.15) is 0 Å². The van der Waals surface area contributed by atoms with E-state index in [0.29, 0.717) is 10.8 Å². The maximum Gasteiger partial charge on any atom is -0.0314 e. The molecule has 0 fully saturated rings. The van der Waals surface area contributed by atoms with Crippen molar-refractivity contribution in [3.63, 3.8) is 0 Å². The van der Waals surface area contributed by atoms with Gasteiger partial charge in [-0.15, -0.1) is 18.5 Å². The van der Waals surface area contributed by atoms with Crippen LogP contribution >= 0.6 is 18.5 Å². The Bertz CT molecular complexity index is 103. The minimum Gasteiger partial charge on any atom is -0.137 e. The number of hydrogen-bond acceptors (Lipinski definition) is 0. The second kappa shape index (κ2) is 4.20. The number of hydrogen-bond donors (Lipinski definition) is 0. The molecule has 0 nitrogen and oxygen atoms in total. The topological polar surface area (TPSA) is 0 Å². The molecule has 0 spiro atoms. The van der Waals surface area contributed by atoms with Gasteiger partial charge in [-0.25, -0.2) is 0 Å². The molecule has 0 N–H and O–H groups in total. The minimum atomic E-state index is 0.477. The highest BCUT2D eigenvalue weighted by molar-refractivity contribution is 7.16. The monoisotopic (exact) mass is 192 g/mol. The highest BCUT2D eigenvalue weighted by atomic mass is 31.0. The summed E-state index contributed by atoms with van der Waals surface area (Å²) in [7, 11) is 5.68. The molecule has 0 aliphatic carbocycles. The summed E-state index contributed by atoms with van der Waals surface area (Å²) in [5, 5.41) is 0. The SMILES string of the molecule is CC(C)(CP)CC(C)(C)CP. The van der Waals surface area contributed by atoms with Gasteiger partial charge in [0.05, 0.1) is 0 Å². The van der Waals surface area contributed by atoms with E-state index in [4.69, 9.17) is 0 Å². The van der Waals surface area contributed by atoms with Crippen LogP contribution in [0.4, 0.5) is 0 Å². The lowest BCUT2D eigenvalue weighted by Gasteiger charge is -2.33. The first kappa shape index (κ1) is 11.9. The van der Waals surface area contributed by atoms with Crippen molar-refractivity contribution in [2.24, 2.45) is 10.8 Å². The molecule has 0 aliphatic heterocycles. The molecule has 2 unspecified atom stereocenters. The van der Waals surface area contributed by atoms with E-state index in [9.17, 15) is 0 Å². The van der Waals surface area contributed by atoms with Gasteiger partial charge in [0.15, 0.2) is 0 Å². The average molecular weight is 192 g/mol. The van der Waals surface area contributed by atoms with Gasteiger partial charge in [-0.05, 0) is 29.6 Å². The maximum absolute atomic E-state index is 2.84. The maximum atomic E-state index is 2.84. The molecule has 0 aliphatic rings. The molecule has 0 radical (unpaired) electrons. The third-order valence-corrected chi connectivity index (χ3v) is 4.27. The largest absolute Gasteiger partial charge is 0.137 e. The third kappa shape index (κ3) is 5.15. The van der Waals surface area contributed by atoms with Crippen LogP contribution in [-0.4, -0.2) is 12.3 Å². The number of rotatable bonds is 4. The first-order valence-electron chi connectivity index (χ1n) is 4.23. The molecule has 0 aromatic heterocycles. The van der Waals surface area contributed by atoms with Crippen LogP contribution in [0.15, 0.2) is 0 Å². The Kier molecular flexibility index (Phi) is 4.53. The molecule has 0 rings (SSSR count). The van der Waals surface area contributed by atoms with Crippen molar-refractivity contribution in [3.05, 3.63) is 0 Å². The highest BCUT2D eigenvalue weighted by Gasteiger charge is 2.25. The Labute approximate surface area is 76.3 Å². The average Bonchev–Trinajstić information content (AvgIpc) is 1.86. The van der Waals surface area contributed by atoms with Gasteiger partial charge >= 0.3 is 0 Å². The van der Waals surface area contributed by atoms with E-state index in [2.05, 4.69) is 46.2 Å². The van der Waals surface area contributed by atoms with Crippen molar-refractivity contribution >= 4 is 18.5 Å². The van der Waals surface area contributed by atoms with Crippen molar-refractivity contribution in [2.75, 3.05) is 12.3 Å². The van der Waals surface area contributed by atoms with Crippen LogP contribution < -0.4 is 0 Å². The summed E-state index contributed by atoms with van der Waals surface area (Å²) in [4.78, 5) is 0. The summed E-state index contributed by atoms with van der Waals surface area (Å²) >= 11 is 0. The Morgan fingerprint density at radius 1 is 0.818 bits per heavy atom. The van der Waals surface area contributed by atoms with Crippen LogP contribution in [0.5, 0.6) is 0 Å². The van der Waals surface area contributed by atoms with Crippen LogP contribution in [0.2, 0.25) is 0 Å². The fourth-order valence-corrected chi connectivity index (χ4v) is 1.73. The highest BCUT2D eigenvalue weighted by Crippen LogP contribution is 2.35. The van der Waals surface area contributed by atoms with E-state index < -0.39 is 0 Å². The predicted molar refractivity (Wildman–Crippen MR) is 61.3 cm³/mol. The smallest absolute Gasteiger partial charge is 0.0314 e. The van der Waals surface area contributed by atoms with E-state index in [1.54, 1.807) is 0 Å². The van der Waals surface area contributed by atoms with E-state index >= 15 is 0 Å². The first-order chi connectivity index (χ1) is 4.83. The Morgan fingerprint density at radius 2 is 1.09 bits per heavy atom. The van der Waals surface area contributed by atoms with Crippen LogP contribution in [-0.2, 0) is 0 Å². The van der Waals surface area contributed by atoms with Gasteiger partial charge < -0.3 is 0 Å². The van der Waals surface area contributed by atoms with Gasteiger partial charge in [0.25, 0.3) is 0 Å². The van der Waals surface area contributed by atoms with Crippen LogP contribution in [0.25, 0.3) is 0 Å². The van der Waals surface area contributed by atoms with Crippen molar-refractivity contribution in [1.29, 1.82) is 0 Å². The standard InChI is InChI=1S/C9H22P2/c1-8(2,6-10)5-9(3,4)7-11/h5-7,10-11H2,1-4H3. The molecule has 0 saturated heterocycles. The lowest BCUT2D eigenvalue weighted by molar-refractivity contribution is 0.243. The molecule has 2 atom stereocenters. The summed E-state index contributed by atoms with van der Waals surface area (Å²) in [6.07, 6.45) is 3.69. The van der Waals surface area contributed by atoms with Crippen LogP contribution in [0.3, 0.4) is 0 Å². The molecule has 0 saturated carbocycles. The molecule has 0 bridgehead atoms. The molecule has 0 aromatic rings. The van der Waals surface area contributed by atoms with Crippen molar-refractivity contribution in [2.45, 2.75) is 34.1 Å². The summed E-state index contributed by atoms with van der Waals surface area (Å²) in [5.74, 6) is 0. The van der Waals surface area contributed by atoms with Crippen LogP contribution in [0.1, 0.15) is 34.1 Å². The van der Waals surface area contributed by atoms with Gasteiger partial charge in [0, 0.05) is 0 Å². The Morgan fingerprint density at radius 3 is 1.27 bits per heavy atom. The zero-order chi connectivity index (χ0) is 9.12. The molecule has 11 heavy (non-hydrogen) atoms. The van der Waals surface area contributed by atoms with Crippen LogP contribution in [0, 0.1) is 10.8 Å². The molecule has 0 amide bonds. The molecule has 0 aromatic carbocycles. The fourth-order valence-electron chi connectivity index (χ4n) is 1.44. The minimum absolute atomic E-state index is 0.477. The molecular formula is C9H22P2. The third-order valence-electron chi connectivity index (χ3n) is 2.06. The van der Waals surface area contributed by atoms with Crippen molar-refractivity contribution < 1.29 is 0 Å². The van der Waals surface area contributed by atoms with Gasteiger partial charge in [-0.3, -0.25) is 0 Å². The summed E-state index contributed by atoms with van der Waals surface area (Å²) in [6, 6.07) is 0. The molecular weight excluding hydrogens is 170 g/mol. The van der Waals surface area contributed by atoms with Crippen molar-refractivity contribution in [3.8, 4) is 0 Å². The quantitative estimate of drug-likeness (QED) is 0.600. The van der Waals surface area contributed by atoms with E-state index in [1.807, 2.05) is 0 Å². The zero-order valence-electron chi connectivity index (χ0n) is 8.28. The normalized spacial score (nSPS) is 13.6. The summed E-state index contributed by atoms with van der Waals surface area (Å²) in [6.45, 7) is 9.34. The zero-order valence-corrected chi connectivity index (χ0v) is 10.6. The second-order valence-corrected chi connectivity index (χ2v) is 5.73. The summed E-state index contributed by atoms with van der Waals surface area (Å²) in [5.41, 5.74) is 0.954. The van der Waals surface area contributed by atoms with Gasteiger partial charge in [0.2, 0.25) is 0 Å². The van der Waals surface area contributed by atoms with E-state index in [-0.39, 0.29) is 0 Å². The Balaban J connectivity index is 4.02. The fraction of sp³-hybridized carbons (Fsp3) is 1.00. The summed E-state index contributed by atoms with van der Waals surface area (Å²) < 4.78 is 0. The van der Waals surface area contributed by atoms with E-state index in [1.165, 1.54) is 18.7 Å². The lowest BCUT2D eigenvalue weighted by atomic mass is 9.77. The lowest BCUT2D eigenvalue weighted by Crippen LogP contribution is -2.25. The first-order valence-corrected chi connectivity index (χ1v) is 5.86. The predicted octanol–water partition coefficient (Wildman–Crippen LogP) is 3.18. The molecule has 2 heteroatoms. The van der Waals surface area contributed by atoms with Gasteiger partial charge in [-0.1, -0.05) is 27.7 Å². The van der Waals surface area contributed by atoms with Crippen molar-refractivity contribution in [1.82, 2.24) is 0 Å². The Hall–Kier alpha value is 0.860. The van der Waals surface area contributed by atoms with Gasteiger partial charge in [0.1, 0.15) is 0 Å². The molecule has 68 valence electrons. The second-order valence-electron chi connectivity index (χ2n) is 4.91. The van der Waals surface area contributed by atoms with E-state index in [0.717, 1.165) is 0 Å².